The first-order chi connectivity index (χ1) is 15.9. The van der Waals surface area contributed by atoms with E-state index >= 15 is 0 Å². The number of imidazole rings is 1. The Hall–Kier alpha value is -3.28. The van der Waals surface area contributed by atoms with Crippen molar-refractivity contribution in [3.05, 3.63) is 106 Å². The highest BCUT2D eigenvalue weighted by atomic mass is 35.5. The van der Waals surface area contributed by atoms with Crippen molar-refractivity contribution in [3.8, 4) is 16.9 Å². The van der Waals surface area contributed by atoms with Crippen molar-refractivity contribution < 1.29 is 14.6 Å². The fourth-order valence-corrected chi connectivity index (χ4v) is 4.28. The third-order valence-corrected chi connectivity index (χ3v) is 5.95. The van der Waals surface area contributed by atoms with Crippen LogP contribution in [0.3, 0.4) is 0 Å². The van der Waals surface area contributed by atoms with Crippen LogP contribution < -0.4 is 4.74 Å². The zero-order chi connectivity index (χ0) is 23.4. The highest BCUT2D eigenvalue weighted by molar-refractivity contribution is 6.36. The number of carboxylic acid groups (broad SMARTS) is 1. The molecule has 0 aliphatic rings. The number of rotatable bonds is 8. The molecule has 0 saturated carbocycles. The molecule has 33 heavy (non-hydrogen) atoms. The molecule has 4 aromatic rings. The van der Waals surface area contributed by atoms with Gasteiger partial charge in [0, 0.05) is 35.1 Å². The maximum absolute atomic E-state index is 11.4. The smallest absolute Gasteiger partial charge is 0.304 e. The van der Waals surface area contributed by atoms with Crippen molar-refractivity contribution in [1.82, 2.24) is 9.55 Å². The summed E-state index contributed by atoms with van der Waals surface area (Å²) in [6.07, 6.45) is 3.45. The van der Waals surface area contributed by atoms with Crippen LogP contribution in [0.4, 0.5) is 0 Å². The predicted octanol–water partition coefficient (Wildman–Crippen LogP) is 6.58. The zero-order valence-corrected chi connectivity index (χ0v) is 19.4. The van der Waals surface area contributed by atoms with Crippen molar-refractivity contribution >= 4 is 29.2 Å². The Morgan fingerprint density at radius 1 is 1.09 bits per heavy atom. The summed E-state index contributed by atoms with van der Waals surface area (Å²) >= 11 is 12.4. The van der Waals surface area contributed by atoms with Gasteiger partial charge in [0.05, 0.1) is 12.3 Å². The third kappa shape index (κ3) is 5.56. The van der Waals surface area contributed by atoms with E-state index in [0.717, 1.165) is 22.3 Å². The van der Waals surface area contributed by atoms with Crippen LogP contribution in [0.2, 0.25) is 10.0 Å². The molecule has 1 aromatic heterocycles. The number of aromatic nitrogens is 2. The zero-order valence-electron chi connectivity index (χ0n) is 17.9. The summed E-state index contributed by atoms with van der Waals surface area (Å²) in [6, 6.07) is 20.9. The topological polar surface area (TPSA) is 64.4 Å². The molecule has 0 aliphatic heterocycles. The molecule has 7 heteroatoms. The van der Waals surface area contributed by atoms with Crippen LogP contribution in [-0.4, -0.2) is 20.6 Å². The van der Waals surface area contributed by atoms with Gasteiger partial charge in [-0.15, -0.1) is 0 Å². The lowest BCUT2D eigenvalue weighted by atomic mass is 9.94. The van der Waals surface area contributed by atoms with Crippen molar-refractivity contribution in [2.45, 2.75) is 18.9 Å². The van der Waals surface area contributed by atoms with Gasteiger partial charge in [0.1, 0.15) is 18.2 Å². The number of aliphatic carboxylic acids is 1. The van der Waals surface area contributed by atoms with Gasteiger partial charge in [0.15, 0.2) is 0 Å². The van der Waals surface area contributed by atoms with Crippen LogP contribution in [0.5, 0.6) is 5.75 Å². The molecule has 1 N–H and O–H groups in total. The van der Waals surface area contributed by atoms with E-state index in [9.17, 15) is 9.90 Å². The van der Waals surface area contributed by atoms with Gasteiger partial charge in [-0.3, -0.25) is 4.79 Å². The Kier molecular flexibility index (Phi) is 7.02. The molecule has 0 saturated heterocycles. The second kappa shape index (κ2) is 10.1. The molecule has 1 heterocycles. The Balaban J connectivity index is 1.47. The van der Waals surface area contributed by atoms with Crippen molar-refractivity contribution in [3.63, 3.8) is 0 Å². The van der Waals surface area contributed by atoms with Gasteiger partial charge in [-0.2, -0.15) is 0 Å². The van der Waals surface area contributed by atoms with E-state index in [1.165, 1.54) is 0 Å². The molecule has 0 unspecified atom stereocenters. The maximum atomic E-state index is 11.4. The second-order valence-corrected chi connectivity index (χ2v) is 8.57. The van der Waals surface area contributed by atoms with Crippen molar-refractivity contribution in [2.75, 3.05) is 0 Å². The molecule has 0 radical (unpaired) electrons. The molecule has 0 fully saturated rings. The molecule has 5 nitrogen and oxygen atoms in total. The Morgan fingerprint density at radius 2 is 1.88 bits per heavy atom. The molecular weight excluding hydrogens is 459 g/mol. The standard InChI is InChI=1S/C26H22Cl2N2O3/c1-30-12-11-29-26(30)23(15-25(31)32)18-5-8-21(9-6-18)33-16-17-3-2-4-19(13-17)22-10-7-20(27)14-24(22)28/h2-14,23H,15-16H2,1H3,(H,31,32)/t23-/m0/s1. The number of benzene rings is 3. The van der Waals surface area contributed by atoms with Crippen LogP contribution >= 0.6 is 23.2 Å². The van der Waals surface area contributed by atoms with Crippen molar-refractivity contribution in [1.29, 1.82) is 0 Å². The molecule has 0 spiro atoms. The number of carbonyl (C=O) groups is 1. The fourth-order valence-electron chi connectivity index (χ4n) is 3.76. The molecule has 0 bridgehead atoms. The van der Waals surface area contributed by atoms with Gasteiger partial charge in [-0.25, -0.2) is 4.98 Å². The number of ether oxygens (including phenoxy) is 1. The first-order valence-electron chi connectivity index (χ1n) is 10.4. The minimum Gasteiger partial charge on any atom is -0.489 e. The Bertz CT molecular complexity index is 1270. The molecule has 3 aromatic carbocycles. The fraction of sp³-hybridized carbons (Fsp3) is 0.154. The molecule has 1 atom stereocenters. The summed E-state index contributed by atoms with van der Waals surface area (Å²) < 4.78 is 7.82. The number of halogens is 2. The number of nitrogens with zero attached hydrogens (tertiary/aromatic N) is 2. The SMILES string of the molecule is Cn1ccnc1[C@@H](CC(=O)O)c1ccc(OCc2cccc(-c3ccc(Cl)cc3Cl)c2)cc1. The summed E-state index contributed by atoms with van der Waals surface area (Å²) in [5.74, 6) is 0.202. The average Bonchev–Trinajstić information content (AvgIpc) is 3.22. The highest BCUT2D eigenvalue weighted by Crippen LogP contribution is 2.31. The van der Waals surface area contributed by atoms with Crippen LogP contribution in [0.1, 0.15) is 29.3 Å². The van der Waals surface area contributed by atoms with Crippen LogP contribution in [0, 0.1) is 0 Å². The van der Waals surface area contributed by atoms with E-state index in [0.29, 0.717) is 28.2 Å². The quantitative estimate of drug-likeness (QED) is 0.309. The van der Waals surface area contributed by atoms with Crippen molar-refractivity contribution in [2.24, 2.45) is 7.05 Å². The number of hydrogen-bond donors (Lipinski definition) is 1. The average molecular weight is 481 g/mol. The normalized spacial score (nSPS) is 11.8. The first-order valence-corrected chi connectivity index (χ1v) is 11.1. The molecule has 168 valence electrons. The third-order valence-electron chi connectivity index (χ3n) is 5.41. The lowest BCUT2D eigenvalue weighted by Gasteiger charge is -2.16. The monoisotopic (exact) mass is 480 g/mol. The van der Waals surface area contributed by atoms with Gasteiger partial charge in [0.2, 0.25) is 0 Å². The first kappa shape index (κ1) is 22.9. The summed E-state index contributed by atoms with van der Waals surface area (Å²) in [5.41, 5.74) is 3.77. The van der Waals surface area contributed by atoms with E-state index in [4.69, 9.17) is 27.9 Å². The van der Waals surface area contributed by atoms with Gasteiger partial charge in [-0.05, 0) is 47.0 Å². The minimum absolute atomic E-state index is 0.0366. The van der Waals surface area contributed by atoms with Gasteiger partial charge in [-0.1, -0.05) is 59.6 Å². The lowest BCUT2D eigenvalue weighted by molar-refractivity contribution is -0.137. The largest absolute Gasteiger partial charge is 0.489 e. The summed E-state index contributed by atoms with van der Waals surface area (Å²) in [4.78, 5) is 15.7. The second-order valence-electron chi connectivity index (χ2n) is 7.73. The molecule has 0 amide bonds. The maximum Gasteiger partial charge on any atom is 0.304 e. The Labute approximate surface area is 202 Å². The van der Waals surface area contributed by atoms with Crippen LogP contribution in [-0.2, 0) is 18.4 Å². The number of carboxylic acids is 1. The van der Waals surface area contributed by atoms with Gasteiger partial charge < -0.3 is 14.4 Å². The van der Waals surface area contributed by atoms with Crippen LogP contribution in [0.25, 0.3) is 11.1 Å². The van der Waals surface area contributed by atoms with E-state index in [1.54, 1.807) is 12.3 Å². The predicted molar refractivity (Wildman–Crippen MR) is 130 cm³/mol. The Morgan fingerprint density at radius 3 is 2.55 bits per heavy atom. The molecule has 0 aliphatic carbocycles. The summed E-state index contributed by atoms with van der Waals surface area (Å²) in [7, 11) is 1.86. The highest BCUT2D eigenvalue weighted by Gasteiger charge is 2.21. The summed E-state index contributed by atoms with van der Waals surface area (Å²) in [5, 5.41) is 10.6. The van der Waals surface area contributed by atoms with Crippen LogP contribution in [0.15, 0.2) is 79.1 Å². The number of aryl methyl sites for hydroxylation is 1. The van der Waals surface area contributed by atoms with Gasteiger partial charge in [0.25, 0.3) is 0 Å². The number of hydrogen-bond acceptors (Lipinski definition) is 3. The van der Waals surface area contributed by atoms with E-state index in [2.05, 4.69) is 4.98 Å². The van der Waals surface area contributed by atoms with Gasteiger partial charge >= 0.3 is 5.97 Å². The van der Waals surface area contributed by atoms with E-state index in [1.807, 2.05) is 78.5 Å². The minimum atomic E-state index is -0.871. The summed E-state index contributed by atoms with van der Waals surface area (Å²) in [6.45, 7) is 0.385. The lowest BCUT2D eigenvalue weighted by Crippen LogP contribution is -2.12. The molecule has 4 rings (SSSR count). The van der Waals surface area contributed by atoms with E-state index in [-0.39, 0.29) is 12.3 Å². The van der Waals surface area contributed by atoms with E-state index < -0.39 is 5.97 Å². The molecular formula is C26H22Cl2N2O3.